The van der Waals surface area contributed by atoms with Crippen LogP contribution in [0.2, 0.25) is 0 Å². The van der Waals surface area contributed by atoms with Crippen molar-refractivity contribution in [1.82, 2.24) is 4.90 Å². The second-order valence-electron chi connectivity index (χ2n) is 5.78. The van der Waals surface area contributed by atoms with Crippen molar-refractivity contribution < 1.29 is 19.0 Å². The summed E-state index contributed by atoms with van der Waals surface area (Å²) >= 11 is 0. The summed E-state index contributed by atoms with van der Waals surface area (Å²) < 4.78 is 16.0. The van der Waals surface area contributed by atoms with Gasteiger partial charge >= 0.3 is 0 Å². The van der Waals surface area contributed by atoms with Crippen molar-refractivity contribution in [3.05, 3.63) is 17.7 Å². The van der Waals surface area contributed by atoms with Gasteiger partial charge in [-0.2, -0.15) is 0 Å². The molecule has 1 aromatic carbocycles. The molecule has 0 spiro atoms. The Bertz CT molecular complexity index is 522. The van der Waals surface area contributed by atoms with Crippen LogP contribution in [0.15, 0.2) is 12.1 Å². The molecule has 23 heavy (non-hydrogen) atoms. The van der Waals surface area contributed by atoms with Crippen molar-refractivity contribution in [2.75, 3.05) is 34.4 Å². The molecule has 0 bridgehead atoms. The molecule has 0 aliphatic carbocycles. The lowest BCUT2D eigenvalue weighted by Gasteiger charge is -2.30. The number of benzene rings is 1. The SMILES string of the molecule is COc1cc(CCC(=O)N2CCCC(N)C2)cc(OC)c1OC. The van der Waals surface area contributed by atoms with E-state index in [1.807, 2.05) is 17.0 Å². The van der Waals surface area contributed by atoms with Gasteiger partial charge in [0, 0.05) is 25.6 Å². The predicted molar refractivity (Wildman–Crippen MR) is 88.2 cm³/mol. The molecule has 128 valence electrons. The van der Waals surface area contributed by atoms with E-state index in [4.69, 9.17) is 19.9 Å². The number of methoxy groups -OCH3 is 3. The molecule has 1 aromatic rings. The monoisotopic (exact) mass is 322 g/mol. The van der Waals surface area contributed by atoms with Crippen LogP contribution in [0, 0.1) is 0 Å². The van der Waals surface area contributed by atoms with Gasteiger partial charge in [0.25, 0.3) is 0 Å². The number of aryl methyl sites for hydroxylation is 1. The summed E-state index contributed by atoms with van der Waals surface area (Å²) in [7, 11) is 4.74. The standard InChI is InChI=1S/C17H26N2O4/c1-21-14-9-12(10-15(22-2)17(14)23-3)6-7-16(20)19-8-4-5-13(18)11-19/h9-10,13H,4-8,11,18H2,1-3H3. The zero-order chi connectivity index (χ0) is 16.8. The first kappa shape index (κ1) is 17.4. The van der Waals surface area contributed by atoms with Crippen LogP contribution < -0.4 is 19.9 Å². The summed E-state index contributed by atoms with van der Waals surface area (Å²) in [6.45, 7) is 1.47. The molecule has 2 rings (SSSR count). The number of rotatable bonds is 6. The number of nitrogens with zero attached hydrogens (tertiary/aromatic N) is 1. The van der Waals surface area contributed by atoms with Gasteiger partial charge in [-0.15, -0.1) is 0 Å². The molecule has 0 saturated carbocycles. The highest BCUT2D eigenvalue weighted by Gasteiger charge is 2.21. The molecule has 1 aliphatic heterocycles. The zero-order valence-electron chi connectivity index (χ0n) is 14.1. The minimum atomic E-state index is 0.105. The summed E-state index contributed by atoms with van der Waals surface area (Å²) in [4.78, 5) is 14.2. The zero-order valence-corrected chi connectivity index (χ0v) is 14.1. The Kier molecular flexibility index (Phi) is 6.10. The fourth-order valence-electron chi connectivity index (χ4n) is 2.93. The molecule has 0 radical (unpaired) electrons. The van der Waals surface area contributed by atoms with E-state index in [1.54, 1.807) is 21.3 Å². The van der Waals surface area contributed by atoms with Gasteiger partial charge in [-0.25, -0.2) is 0 Å². The first-order chi connectivity index (χ1) is 11.1. The van der Waals surface area contributed by atoms with Crippen LogP contribution in [0.5, 0.6) is 17.2 Å². The largest absolute Gasteiger partial charge is 0.493 e. The maximum Gasteiger partial charge on any atom is 0.222 e. The first-order valence-electron chi connectivity index (χ1n) is 7.91. The average Bonchev–Trinajstić information content (AvgIpc) is 2.58. The molecule has 6 nitrogen and oxygen atoms in total. The molecular formula is C17H26N2O4. The van der Waals surface area contributed by atoms with Gasteiger partial charge in [-0.3, -0.25) is 4.79 Å². The normalized spacial score (nSPS) is 17.7. The molecule has 1 unspecified atom stereocenters. The van der Waals surface area contributed by atoms with Gasteiger partial charge in [0.2, 0.25) is 11.7 Å². The van der Waals surface area contributed by atoms with E-state index in [9.17, 15) is 4.79 Å². The van der Waals surface area contributed by atoms with E-state index in [0.717, 1.165) is 24.9 Å². The van der Waals surface area contributed by atoms with Gasteiger partial charge in [-0.1, -0.05) is 0 Å². The first-order valence-corrected chi connectivity index (χ1v) is 7.91. The number of nitrogens with two attached hydrogens (primary N) is 1. The van der Waals surface area contributed by atoms with E-state index in [0.29, 0.717) is 36.6 Å². The van der Waals surface area contributed by atoms with E-state index >= 15 is 0 Å². The number of likely N-dealkylation sites (tertiary alicyclic amines) is 1. The van der Waals surface area contributed by atoms with Crippen LogP contribution in [0.4, 0.5) is 0 Å². The Morgan fingerprint density at radius 3 is 2.39 bits per heavy atom. The third kappa shape index (κ3) is 4.28. The highest BCUT2D eigenvalue weighted by Crippen LogP contribution is 2.38. The average molecular weight is 322 g/mol. The molecule has 1 amide bonds. The van der Waals surface area contributed by atoms with Crippen molar-refractivity contribution in [1.29, 1.82) is 0 Å². The number of amides is 1. The fraction of sp³-hybridized carbons (Fsp3) is 0.588. The maximum atomic E-state index is 12.3. The van der Waals surface area contributed by atoms with Crippen molar-refractivity contribution in [2.45, 2.75) is 31.7 Å². The molecule has 1 atom stereocenters. The lowest BCUT2D eigenvalue weighted by molar-refractivity contribution is -0.132. The number of carbonyl (C=O) groups excluding carboxylic acids is 1. The Labute approximate surface area is 137 Å². The summed E-state index contributed by atoms with van der Waals surface area (Å²) in [6, 6.07) is 3.88. The molecule has 1 aliphatic rings. The molecule has 1 fully saturated rings. The number of hydrogen-bond donors (Lipinski definition) is 1. The van der Waals surface area contributed by atoms with E-state index in [-0.39, 0.29) is 11.9 Å². The Morgan fingerprint density at radius 1 is 1.22 bits per heavy atom. The van der Waals surface area contributed by atoms with Gasteiger partial charge in [-0.05, 0) is 37.0 Å². The lowest BCUT2D eigenvalue weighted by Crippen LogP contribution is -2.45. The maximum absolute atomic E-state index is 12.3. The number of piperidine rings is 1. The fourth-order valence-corrected chi connectivity index (χ4v) is 2.93. The van der Waals surface area contributed by atoms with E-state index < -0.39 is 0 Å². The van der Waals surface area contributed by atoms with Gasteiger partial charge in [0.1, 0.15) is 0 Å². The summed E-state index contributed by atoms with van der Waals surface area (Å²) in [5.41, 5.74) is 6.92. The number of ether oxygens (including phenoxy) is 3. The molecule has 1 saturated heterocycles. The Balaban J connectivity index is 2.03. The van der Waals surface area contributed by atoms with Crippen LogP contribution in [0.3, 0.4) is 0 Å². The van der Waals surface area contributed by atoms with Crippen molar-refractivity contribution >= 4 is 5.91 Å². The minimum Gasteiger partial charge on any atom is -0.493 e. The van der Waals surface area contributed by atoms with E-state index in [1.165, 1.54) is 0 Å². The van der Waals surface area contributed by atoms with Crippen LogP contribution in [0.1, 0.15) is 24.8 Å². The topological polar surface area (TPSA) is 74.0 Å². The van der Waals surface area contributed by atoms with Gasteiger partial charge in [0.15, 0.2) is 11.5 Å². The highest BCUT2D eigenvalue weighted by molar-refractivity contribution is 5.76. The molecule has 6 heteroatoms. The molecule has 2 N–H and O–H groups in total. The predicted octanol–water partition coefficient (Wildman–Crippen LogP) is 1.59. The molecule has 0 aromatic heterocycles. The summed E-state index contributed by atoms with van der Waals surface area (Å²) in [5.74, 6) is 1.92. The van der Waals surface area contributed by atoms with Crippen LogP contribution in [0.25, 0.3) is 0 Å². The quantitative estimate of drug-likeness (QED) is 0.861. The highest BCUT2D eigenvalue weighted by atomic mass is 16.5. The Morgan fingerprint density at radius 2 is 1.87 bits per heavy atom. The Hall–Kier alpha value is -1.95. The van der Waals surface area contributed by atoms with Gasteiger partial charge < -0.3 is 24.8 Å². The summed E-state index contributed by atoms with van der Waals surface area (Å²) in [6.07, 6.45) is 3.06. The minimum absolute atomic E-state index is 0.105. The summed E-state index contributed by atoms with van der Waals surface area (Å²) in [5, 5.41) is 0. The smallest absolute Gasteiger partial charge is 0.222 e. The van der Waals surface area contributed by atoms with E-state index in [2.05, 4.69) is 0 Å². The third-order valence-electron chi connectivity index (χ3n) is 4.16. The third-order valence-corrected chi connectivity index (χ3v) is 4.16. The van der Waals surface area contributed by atoms with Crippen LogP contribution >= 0.6 is 0 Å². The second-order valence-corrected chi connectivity index (χ2v) is 5.78. The second kappa shape index (κ2) is 8.06. The van der Waals surface area contributed by atoms with Crippen molar-refractivity contribution in [3.8, 4) is 17.2 Å². The number of hydrogen-bond acceptors (Lipinski definition) is 5. The van der Waals surface area contributed by atoms with Crippen LogP contribution in [-0.4, -0.2) is 51.3 Å². The molecular weight excluding hydrogens is 296 g/mol. The van der Waals surface area contributed by atoms with Crippen molar-refractivity contribution in [3.63, 3.8) is 0 Å². The van der Waals surface area contributed by atoms with Crippen molar-refractivity contribution in [2.24, 2.45) is 5.73 Å². The number of carbonyl (C=O) groups is 1. The molecule has 1 heterocycles. The lowest BCUT2D eigenvalue weighted by atomic mass is 10.0. The van der Waals surface area contributed by atoms with Crippen LogP contribution in [-0.2, 0) is 11.2 Å². The van der Waals surface area contributed by atoms with Gasteiger partial charge in [0.05, 0.1) is 21.3 Å².